The number of rotatable bonds is 6. The molecule has 33 heavy (non-hydrogen) atoms. The summed E-state index contributed by atoms with van der Waals surface area (Å²) in [6, 6.07) is 49.1. The lowest BCUT2D eigenvalue weighted by atomic mass is 9.85. The summed E-state index contributed by atoms with van der Waals surface area (Å²) in [5, 5.41) is 2.56. The highest BCUT2D eigenvalue weighted by atomic mass is 31.2. The lowest BCUT2D eigenvalue weighted by molar-refractivity contribution is 0.592. The molecule has 1 nitrogen and oxygen atoms in total. The predicted molar refractivity (Wildman–Crippen MR) is 140 cm³/mol. The Morgan fingerprint density at radius 2 is 0.667 bits per heavy atom. The molecule has 0 unspecified atom stereocenters. The molecule has 0 N–H and O–H groups in total. The summed E-state index contributed by atoms with van der Waals surface area (Å²) in [6.07, 6.45) is 0. The molecular formula is C31H25OP. The van der Waals surface area contributed by atoms with Crippen molar-refractivity contribution in [1.29, 1.82) is 0 Å². The van der Waals surface area contributed by atoms with E-state index in [4.69, 9.17) is 0 Å². The first-order valence-electron chi connectivity index (χ1n) is 11.2. The van der Waals surface area contributed by atoms with Gasteiger partial charge in [-0.15, -0.1) is 0 Å². The van der Waals surface area contributed by atoms with E-state index in [2.05, 4.69) is 72.8 Å². The molecule has 0 fully saturated rings. The van der Waals surface area contributed by atoms with Crippen LogP contribution in [-0.4, -0.2) is 0 Å². The van der Waals surface area contributed by atoms with Crippen LogP contribution in [0.15, 0.2) is 146 Å². The van der Waals surface area contributed by atoms with E-state index in [-0.39, 0.29) is 5.92 Å². The van der Waals surface area contributed by atoms with E-state index in [0.29, 0.717) is 0 Å². The van der Waals surface area contributed by atoms with Crippen LogP contribution in [-0.2, 0) is 4.57 Å². The van der Waals surface area contributed by atoms with Crippen molar-refractivity contribution in [2.75, 3.05) is 0 Å². The highest BCUT2D eigenvalue weighted by Crippen LogP contribution is 2.42. The monoisotopic (exact) mass is 444 g/mol. The Bertz CT molecular complexity index is 1260. The maximum Gasteiger partial charge on any atom is 0.171 e. The lowest BCUT2D eigenvalue weighted by Gasteiger charge is -2.22. The summed E-state index contributed by atoms with van der Waals surface area (Å²) < 4.78 is 14.6. The van der Waals surface area contributed by atoms with Gasteiger partial charge in [0.25, 0.3) is 0 Å². The number of hydrogen-bond acceptors (Lipinski definition) is 1. The van der Waals surface area contributed by atoms with E-state index in [9.17, 15) is 4.57 Å². The maximum atomic E-state index is 14.6. The third kappa shape index (κ3) is 4.21. The molecule has 0 aliphatic rings. The zero-order chi connectivity index (χ0) is 22.5. The second-order valence-electron chi connectivity index (χ2n) is 8.13. The van der Waals surface area contributed by atoms with Crippen molar-refractivity contribution in [2.24, 2.45) is 0 Å². The molecule has 5 aromatic carbocycles. The van der Waals surface area contributed by atoms with Gasteiger partial charge in [0.15, 0.2) is 7.14 Å². The molecule has 0 heterocycles. The van der Waals surface area contributed by atoms with Gasteiger partial charge in [-0.3, -0.25) is 0 Å². The van der Waals surface area contributed by atoms with Crippen molar-refractivity contribution in [3.63, 3.8) is 0 Å². The fourth-order valence-electron chi connectivity index (χ4n) is 4.47. The Labute approximate surface area is 195 Å². The topological polar surface area (TPSA) is 17.1 Å². The zero-order valence-corrected chi connectivity index (χ0v) is 19.2. The summed E-state index contributed by atoms with van der Waals surface area (Å²) in [6.45, 7) is 0. The van der Waals surface area contributed by atoms with Gasteiger partial charge in [0.2, 0.25) is 0 Å². The fourth-order valence-corrected chi connectivity index (χ4v) is 7.12. The molecule has 2 heteroatoms. The molecule has 0 aliphatic heterocycles. The van der Waals surface area contributed by atoms with Crippen LogP contribution in [0.25, 0.3) is 0 Å². The number of benzene rings is 5. The Morgan fingerprint density at radius 1 is 0.364 bits per heavy atom. The van der Waals surface area contributed by atoms with Crippen molar-refractivity contribution in [3.05, 3.63) is 162 Å². The van der Waals surface area contributed by atoms with E-state index in [1.807, 2.05) is 72.8 Å². The van der Waals surface area contributed by atoms with Gasteiger partial charge in [-0.2, -0.15) is 0 Å². The van der Waals surface area contributed by atoms with Crippen LogP contribution in [0.5, 0.6) is 0 Å². The summed E-state index contributed by atoms with van der Waals surface area (Å²) in [5.41, 5.74) is 3.67. The fraction of sp³-hybridized carbons (Fsp3) is 0.0323. The molecule has 0 radical (unpaired) electrons. The van der Waals surface area contributed by atoms with Crippen molar-refractivity contribution in [2.45, 2.75) is 5.92 Å². The molecule has 0 saturated carbocycles. The minimum atomic E-state index is -2.97. The quantitative estimate of drug-likeness (QED) is 0.216. The minimum Gasteiger partial charge on any atom is -0.309 e. The summed E-state index contributed by atoms with van der Waals surface area (Å²) in [5.74, 6) is 0.120. The lowest BCUT2D eigenvalue weighted by Crippen LogP contribution is -2.25. The molecule has 0 aliphatic carbocycles. The maximum absolute atomic E-state index is 14.6. The molecular weight excluding hydrogens is 419 g/mol. The molecule has 0 saturated heterocycles. The van der Waals surface area contributed by atoms with Crippen LogP contribution in [0.2, 0.25) is 0 Å². The first kappa shape index (κ1) is 21.2. The van der Waals surface area contributed by atoms with Gasteiger partial charge >= 0.3 is 0 Å². The highest BCUT2D eigenvalue weighted by Gasteiger charge is 2.29. The third-order valence-corrected chi connectivity index (χ3v) is 9.17. The van der Waals surface area contributed by atoms with E-state index in [0.717, 1.165) is 15.9 Å². The van der Waals surface area contributed by atoms with Crippen molar-refractivity contribution < 1.29 is 4.57 Å². The second-order valence-corrected chi connectivity index (χ2v) is 10.9. The molecule has 0 atom stereocenters. The zero-order valence-electron chi connectivity index (χ0n) is 18.3. The largest absolute Gasteiger partial charge is 0.309 e. The molecule has 0 spiro atoms. The summed E-state index contributed by atoms with van der Waals surface area (Å²) in [7, 11) is -2.97. The summed E-state index contributed by atoms with van der Waals surface area (Å²) >= 11 is 0. The van der Waals surface area contributed by atoms with Crippen LogP contribution in [0.4, 0.5) is 0 Å². The van der Waals surface area contributed by atoms with Gasteiger partial charge in [0.1, 0.15) is 0 Å². The molecule has 0 aromatic heterocycles. The number of hydrogen-bond donors (Lipinski definition) is 0. The van der Waals surface area contributed by atoms with Crippen molar-refractivity contribution in [3.8, 4) is 0 Å². The smallest absolute Gasteiger partial charge is 0.171 e. The van der Waals surface area contributed by atoms with E-state index < -0.39 is 7.14 Å². The van der Waals surface area contributed by atoms with Crippen molar-refractivity contribution >= 4 is 23.1 Å². The first-order chi connectivity index (χ1) is 16.3. The van der Waals surface area contributed by atoms with E-state index >= 15 is 0 Å². The van der Waals surface area contributed by atoms with Crippen molar-refractivity contribution in [1.82, 2.24) is 0 Å². The van der Waals surface area contributed by atoms with Crippen LogP contribution < -0.4 is 15.9 Å². The molecule has 160 valence electrons. The van der Waals surface area contributed by atoms with Gasteiger partial charge in [0, 0.05) is 21.8 Å². The average Bonchev–Trinajstić information content (AvgIpc) is 2.91. The van der Waals surface area contributed by atoms with Gasteiger partial charge in [0.05, 0.1) is 0 Å². The molecule has 0 amide bonds. The molecule has 5 aromatic rings. The van der Waals surface area contributed by atoms with Crippen LogP contribution in [0, 0.1) is 0 Å². The van der Waals surface area contributed by atoms with Gasteiger partial charge in [-0.25, -0.2) is 0 Å². The molecule has 0 bridgehead atoms. The average molecular weight is 445 g/mol. The Kier molecular flexibility index (Phi) is 6.07. The van der Waals surface area contributed by atoms with Gasteiger partial charge < -0.3 is 4.57 Å². The van der Waals surface area contributed by atoms with Crippen LogP contribution in [0.3, 0.4) is 0 Å². The first-order valence-corrected chi connectivity index (χ1v) is 12.9. The highest BCUT2D eigenvalue weighted by molar-refractivity contribution is 7.85. The van der Waals surface area contributed by atoms with E-state index in [1.54, 1.807) is 0 Å². The SMILES string of the molecule is O=P(c1ccccc1)(c1ccccc1)c1ccc(C(c2ccccc2)c2ccccc2)cc1. The standard InChI is InChI=1S/C31H25OP/c32-33(28-17-9-3-10-18-28,29-19-11-4-12-20-29)30-23-21-27(22-24-30)31(25-13-5-1-6-14-25)26-15-7-2-8-16-26/h1-24,31H. The Morgan fingerprint density at radius 3 is 1.06 bits per heavy atom. The van der Waals surface area contributed by atoms with Crippen LogP contribution >= 0.6 is 7.14 Å². The summed E-state index contributed by atoms with van der Waals surface area (Å²) in [4.78, 5) is 0. The Hall–Kier alpha value is -3.67. The predicted octanol–water partition coefficient (Wildman–Crippen LogP) is 6.51. The van der Waals surface area contributed by atoms with Gasteiger partial charge in [-0.05, 0) is 16.7 Å². The molecule has 5 rings (SSSR count). The second kappa shape index (κ2) is 9.45. The minimum absolute atomic E-state index is 0.120. The third-order valence-electron chi connectivity index (χ3n) is 6.10. The van der Waals surface area contributed by atoms with Crippen LogP contribution in [0.1, 0.15) is 22.6 Å². The van der Waals surface area contributed by atoms with E-state index in [1.165, 1.54) is 16.7 Å². The normalized spacial score (nSPS) is 11.4. The Balaban J connectivity index is 1.62. The van der Waals surface area contributed by atoms with Gasteiger partial charge in [-0.1, -0.05) is 146 Å².